The highest BCUT2D eigenvalue weighted by atomic mass is 35.5. The first-order chi connectivity index (χ1) is 8.76. The summed E-state index contributed by atoms with van der Waals surface area (Å²) in [5, 5.41) is 0.820. The topological polar surface area (TPSA) is 18.5 Å². The van der Waals surface area contributed by atoms with Crippen LogP contribution in [-0.2, 0) is 15.3 Å². The van der Waals surface area contributed by atoms with Crippen LogP contribution in [0.5, 0.6) is 0 Å². The van der Waals surface area contributed by atoms with Crippen LogP contribution in [0.3, 0.4) is 0 Å². The standard InChI is InChI=1S/C14H22ClO2Si/c1-3-16-18(17-4-2)11-6-5-8-13-9-7-10-14(15)12-13/h7,9-10,12H,3-6,8,11H2,1-2H3. The Labute approximate surface area is 117 Å². The molecule has 0 saturated carbocycles. The predicted octanol–water partition coefficient (Wildman–Crippen LogP) is 4.22. The SMILES string of the molecule is CCO[Si](CCCCc1cccc(Cl)c1)OCC. The van der Waals surface area contributed by atoms with E-state index in [1.54, 1.807) is 0 Å². The molecule has 101 valence electrons. The maximum atomic E-state index is 5.96. The lowest BCUT2D eigenvalue weighted by atomic mass is 10.1. The number of benzene rings is 1. The molecule has 1 aromatic rings. The van der Waals surface area contributed by atoms with Crippen LogP contribution in [0.1, 0.15) is 32.3 Å². The average Bonchev–Trinajstić information content (AvgIpc) is 2.35. The number of aryl methyl sites for hydroxylation is 1. The van der Waals surface area contributed by atoms with Crippen LogP contribution in [0.4, 0.5) is 0 Å². The summed E-state index contributed by atoms with van der Waals surface area (Å²) in [4.78, 5) is 0. The molecule has 2 nitrogen and oxygen atoms in total. The average molecular weight is 286 g/mol. The van der Waals surface area contributed by atoms with Gasteiger partial charge in [0.1, 0.15) is 0 Å². The number of hydrogen-bond acceptors (Lipinski definition) is 2. The minimum absolute atomic E-state index is 0.753. The lowest BCUT2D eigenvalue weighted by Crippen LogP contribution is -2.22. The van der Waals surface area contributed by atoms with Gasteiger partial charge in [-0.3, -0.25) is 0 Å². The third kappa shape index (κ3) is 6.54. The van der Waals surface area contributed by atoms with Crippen molar-refractivity contribution >= 4 is 20.9 Å². The smallest absolute Gasteiger partial charge is 0.384 e. The van der Waals surface area contributed by atoms with Crippen LogP contribution in [0.2, 0.25) is 11.1 Å². The third-order valence-electron chi connectivity index (χ3n) is 2.60. The van der Waals surface area contributed by atoms with Crippen molar-refractivity contribution in [2.24, 2.45) is 0 Å². The Kier molecular flexibility index (Phi) is 8.34. The fourth-order valence-electron chi connectivity index (χ4n) is 1.80. The Balaban J connectivity index is 2.20. The molecule has 0 aliphatic rings. The van der Waals surface area contributed by atoms with Crippen LogP contribution in [0.15, 0.2) is 24.3 Å². The molecular formula is C14H22ClO2Si. The Bertz CT molecular complexity index is 327. The van der Waals surface area contributed by atoms with Crippen molar-refractivity contribution in [3.63, 3.8) is 0 Å². The molecule has 0 heterocycles. The van der Waals surface area contributed by atoms with E-state index in [1.807, 2.05) is 32.0 Å². The lowest BCUT2D eigenvalue weighted by molar-refractivity contribution is 0.212. The zero-order valence-electron chi connectivity index (χ0n) is 11.2. The van der Waals surface area contributed by atoms with Gasteiger partial charge in [-0.25, -0.2) is 0 Å². The van der Waals surface area contributed by atoms with Crippen molar-refractivity contribution in [3.05, 3.63) is 34.9 Å². The minimum atomic E-state index is -1.03. The highest BCUT2D eigenvalue weighted by molar-refractivity contribution is 6.44. The number of hydrogen-bond donors (Lipinski definition) is 0. The molecule has 0 atom stereocenters. The van der Waals surface area contributed by atoms with Crippen LogP contribution in [-0.4, -0.2) is 22.5 Å². The fourth-order valence-corrected chi connectivity index (χ4v) is 3.57. The summed E-state index contributed by atoms with van der Waals surface area (Å²) in [5.74, 6) is 0. The van der Waals surface area contributed by atoms with Gasteiger partial charge in [0.25, 0.3) is 0 Å². The molecule has 0 spiro atoms. The van der Waals surface area contributed by atoms with E-state index in [0.29, 0.717) is 0 Å². The summed E-state index contributed by atoms with van der Waals surface area (Å²) in [6, 6.07) is 9.15. The first-order valence-electron chi connectivity index (χ1n) is 6.62. The maximum absolute atomic E-state index is 5.96. The van der Waals surface area contributed by atoms with Crippen molar-refractivity contribution in [2.45, 2.75) is 39.2 Å². The van der Waals surface area contributed by atoms with E-state index in [9.17, 15) is 0 Å². The monoisotopic (exact) mass is 285 g/mol. The van der Waals surface area contributed by atoms with Crippen LogP contribution in [0, 0.1) is 0 Å². The second kappa shape index (κ2) is 9.56. The summed E-state index contributed by atoms with van der Waals surface area (Å²) >= 11 is 5.96. The zero-order chi connectivity index (χ0) is 13.2. The van der Waals surface area contributed by atoms with Gasteiger partial charge in [0, 0.05) is 18.2 Å². The van der Waals surface area contributed by atoms with Crippen molar-refractivity contribution < 1.29 is 8.85 Å². The van der Waals surface area contributed by atoms with Gasteiger partial charge in [-0.2, -0.15) is 0 Å². The van der Waals surface area contributed by atoms with E-state index >= 15 is 0 Å². The molecule has 1 rings (SSSR count). The van der Waals surface area contributed by atoms with Crippen molar-refractivity contribution in [2.75, 3.05) is 13.2 Å². The molecule has 0 bridgehead atoms. The lowest BCUT2D eigenvalue weighted by Gasteiger charge is -2.12. The summed E-state index contributed by atoms with van der Waals surface area (Å²) in [7, 11) is -1.03. The van der Waals surface area contributed by atoms with Gasteiger partial charge in [0.2, 0.25) is 0 Å². The van der Waals surface area contributed by atoms with Gasteiger partial charge in [-0.15, -0.1) is 0 Å². The van der Waals surface area contributed by atoms with Crippen molar-refractivity contribution in [1.29, 1.82) is 0 Å². The van der Waals surface area contributed by atoms with Gasteiger partial charge in [-0.05, 0) is 50.4 Å². The van der Waals surface area contributed by atoms with Gasteiger partial charge in [0.05, 0.1) is 0 Å². The zero-order valence-corrected chi connectivity index (χ0v) is 13.0. The predicted molar refractivity (Wildman–Crippen MR) is 78.2 cm³/mol. The first-order valence-corrected chi connectivity index (χ1v) is 8.52. The van der Waals surface area contributed by atoms with E-state index in [4.69, 9.17) is 20.5 Å². The summed E-state index contributed by atoms with van der Waals surface area (Å²) in [5.41, 5.74) is 1.31. The Morgan fingerprint density at radius 3 is 2.44 bits per heavy atom. The molecule has 0 saturated heterocycles. The minimum Gasteiger partial charge on any atom is -0.394 e. The van der Waals surface area contributed by atoms with Crippen LogP contribution in [0.25, 0.3) is 0 Å². The quantitative estimate of drug-likeness (QED) is 0.499. The molecule has 0 fully saturated rings. The maximum Gasteiger partial charge on any atom is 0.384 e. The third-order valence-corrected chi connectivity index (χ3v) is 4.81. The molecule has 0 aliphatic heterocycles. The molecule has 18 heavy (non-hydrogen) atoms. The molecule has 0 aliphatic carbocycles. The van der Waals surface area contributed by atoms with Gasteiger partial charge >= 0.3 is 9.28 Å². The summed E-state index contributed by atoms with van der Waals surface area (Å²) < 4.78 is 11.2. The highest BCUT2D eigenvalue weighted by Crippen LogP contribution is 2.14. The largest absolute Gasteiger partial charge is 0.394 e. The van der Waals surface area contributed by atoms with Crippen molar-refractivity contribution in [3.8, 4) is 0 Å². The number of rotatable bonds is 9. The van der Waals surface area contributed by atoms with E-state index in [1.165, 1.54) is 5.56 Å². The molecule has 4 heteroatoms. The van der Waals surface area contributed by atoms with E-state index in [2.05, 4.69) is 6.07 Å². The summed E-state index contributed by atoms with van der Waals surface area (Å²) in [6.45, 7) is 5.55. The van der Waals surface area contributed by atoms with E-state index in [-0.39, 0.29) is 0 Å². The van der Waals surface area contributed by atoms with Crippen LogP contribution >= 0.6 is 11.6 Å². The van der Waals surface area contributed by atoms with Gasteiger partial charge < -0.3 is 8.85 Å². The van der Waals surface area contributed by atoms with Crippen molar-refractivity contribution in [1.82, 2.24) is 0 Å². The second-order valence-corrected chi connectivity index (χ2v) is 6.33. The first kappa shape index (κ1) is 15.7. The fraction of sp³-hybridized carbons (Fsp3) is 0.571. The highest BCUT2D eigenvalue weighted by Gasteiger charge is 2.13. The molecule has 1 aromatic carbocycles. The van der Waals surface area contributed by atoms with Crippen LogP contribution < -0.4 is 0 Å². The molecule has 0 unspecified atom stereocenters. The normalized spacial score (nSPS) is 11.1. The van der Waals surface area contributed by atoms with E-state index in [0.717, 1.165) is 43.5 Å². The Morgan fingerprint density at radius 1 is 1.11 bits per heavy atom. The molecule has 0 aromatic heterocycles. The number of halogens is 1. The van der Waals surface area contributed by atoms with E-state index < -0.39 is 9.28 Å². The number of unbranched alkanes of at least 4 members (excludes halogenated alkanes) is 1. The molecular weight excluding hydrogens is 264 g/mol. The van der Waals surface area contributed by atoms with Gasteiger partial charge in [0.15, 0.2) is 0 Å². The molecule has 1 radical (unpaired) electrons. The Morgan fingerprint density at radius 2 is 1.83 bits per heavy atom. The summed E-state index contributed by atoms with van der Waals surface area (Å²) in [6.07, 6.45) is 3.39. The second-order valence-electron chi connectivity index (χ2n) is 4.08. The molecule has 0 amide bonds. The molecule has 0 N–H and O–H groups in total. The Hall–Kier alpha value is -0.353. The van der Waals surface area contributed by atoms with Gasteiger partial charge in [-0.1, -0.05) is 30.2 Å².